The van der Waals surface area contributed by atoms with Crippen LogP contribution in [0.4, 0.5) is 5.13 Å². The van der Waals surface area contributed by atoms with Crippen LogP contribution in [0.15, 0.2) is 23.6 Å². The second kappa shape index (κ2) is 5.57. The molecule has 0 saturated carbocycles. The van der Waals surface area contributed by atoms with Gasteiger partial charge in [0.05, 0.1) is 5.69 Å². The first-order valence-corrected chi connectivity index (χ1v) is 6.30. The molecule has 0 spiro atoms. The van der Waals surface area contributed by atoms with Crippen molar-refractivity contribution in [2.75, 3.05) is 5.73 Å². The molecule has 5 N–H and O–H groups in total. The lowest BCUT2D eigenvalue weighted by atomic mass is 10.1. The Morgan fingerprint density at radius 2 is 2.15 bits per heavy atom. The summed E-state index contributed by atoms with van der Waals surface area (Å²) in [6.45, 7) is 0. The van der Waals surface area contributed by atoms with Crippen molar-refractivity contribution in [2.45, 2.75) is 6.04 Å². The van der Waals surface area contributed by atoms with Crippen LogP contribution in [0.3, 0.4) is 0 Å². The number of nitrogen functional groups attached to an aromatic ring is 1. The van der Waals surface area contributed by atoms with E-state index in [2.05, 4.69) is 10.3 Å². The van der Waals surface area contributed by atoms with Crippen molar-refractivity contribution in [1.29, 1.82) is 0 Å². The predicted octanol–water partition coefficient (Wildman–Crippen LogP) is 0.717. The van der Waals surface area contributed by atoms with E-state index in [1.807, 2.05) is 0 Å². The van der Waals surface area contributed by atoms with Gasteiger partial charge in [0.1, 0.15) is 6.04 Å². The molecule has 103 valence electrons. The normalized spacial score (nSPS) is 11.8. The van der Waals surface area contributed by atoms with E-state index >= 15 is 0 Å². The molecule has 2 rings (SSSR count). The summed E-state index contributed by atoms with van der Waals surface area (Å²) in [7, 11) is 0. The summed E-state index contributed by atoms with van der Waals surface area (Å²) in [6, 6.07) is 2.51. The molecule has 0 aliphatic heterocycles. The molecule has 20 heavy (non-hydrogen) atoms. The number of carbonyl (C=O) groups is 1. The molecule has 0 aliphatic carbocycles. The van der Waals surface area contributed by atoms with Gasteiger partial charge in [0.15, 0.2) is 16.6 Å². The van der Waals surface area contributed by atoms with E-state index in [1.165, 1.54) is 12.1 Å². The van der Waals surface area contributed by atoms with Gasteiger partial charge in [0, 0.05) is 10.9 Å². The molecule has 8 heteroatoms. The lowest BCUT2D eigenvalue weighted by molar-refractivity contribution is 0.0945. The number of benzene rings is 1. The van der Waals surface area contributed by atoms with Crippen LogP contribution < -0.4 is 11.1 Å². The minimum Gasteiger partial charge on any atom is -0.504 e. The summed E-state index contributed by atoms with van der Waals surface area (Å²) in [5.74, 6) is -1.38. The number of carbonyl (C=O) groups excluding carboxylic acids is 2. The number of hydrogen-bond acceptors (Lipinski definition) is 7. The van der Waals surface area contributed by atoms with Crippen molar-refractivity contribution < 1.29 is 19.8 Å². The van der Waals surface area contributed by atoms with Crippen LogP contribution in [0.5, 0.6) is 11.5 Å². The molecule has 7 nitrogen and oxygen atoms in total. The van der Waals surface area contributed by atoms with Crippen LogP contribution in [0.2, 0.25) is 0 Å². The number of nitrogens with zero attached hydrogens (tertiary/aromatic N) is 1. The summed E-state index contributed by atoms with van der Waals surface area (Å²) in [5.41, 5.74) is 5.83. The van der Waals surface area contributed by atoms with Gasteiger partial charge in [-0.2, -0.15) is 0 Å². The number of rotatable bonds is 4. The molecule has 0 saturated heterocycles. The van der Waals surface area contributed by atoms with Crippen LogP contribution in [0.25, 0.3) is 0 Å². The third-order valence-electron chi connectivity index (χ3n) is 2.47. The Morgan fingerprint density at radius 1 is 1.40 bits per heavy atom. The Morgan fingerprint density at radius 3 is 2.70 bits per heavy atom. The van der Waals surface area contributed by atoms with Gasteiger partial charge in [-0.3, -0.25) is 9.59 Å². The fraction of sp³-hybridized carbons (Fsp3) is 0.0833. The quantitative estimate of drug-likeness (QED) is 0.615. The highest BCUT2D eigenvalue weighted by Crippen LogP contribution is 2.25. The maximum atomic E-state index is 11.9. The Hall–Kier alpha value is -2.61. The van der Waals surface area contributed by atoms with Crippen molar-refractivity contribution >= 4 is 28.7 Å². The molecule has 0 aliphatic rings. The maximum absolute atomic E-state index is 11.9. The zero-order chi connectivity index (χ0) is 14.7. The van der Waals surface area contributed by atoms with Gasteiger partial charge in [-0.15, -0.1) is 11.3 Å². The van der Waals surface area contributed by atoms with E-state index in [0.717, 1.165) is 17.4 Å². The number of aromatic nitrogens is 1. The van der Waals surface area contributed by atoms with Gasteiger partial charge in [-0.05, 0) is 18.2 Å². The SMILES string of the molecule is Nc1nc(C([C]=O)NC(=O)c2ccc(O)c(O)c2)cs1. The number of nitrogens with one attached hydrogen (secondary N) is 1. The molecule has 1 unspecified atom stereocenters. The van der Waals surface area contributed by atoms with Crippen LogP contribution in [-0.4, -0.2) is 27.4 Å². The van der Waals surface area contributed by atoms with Gasteiger partial charge < -0.3 is 21.3 Å². The molecule has 1 radical (unpaired) electrons. The number of anilines is 1. The van der Waals surface area contributed by atoms with Crippen molar-refractivity contribution in [3.8, 4) is 11.5 Å². The number of hydrogen-bond donors (Lipinski definition) is 4. The number of nitrogens with two attached hydrogens (primary N) is 1. The summed E-state index contributed by atoms with van der Waals surface area (Å²) in [4.78, 5) is 26.7. The fourth-order valence-corrected chi connectivity index (χ4v) is 2.06. The second-order valence-electron chi connectivity index (χ2n) is 3.84. The topological polar surface area (TPSA) is 126 Å². The fourth-order valence-electron chi connectivity index (χ4n) is 1.48. The van der Waals surface area contributed by atoms with Crippen LogP contribution in [0.1, 0.15) is 22.1 Å². The summed E-state index contributed by atoms with van der Waals surface area (Å²) in [5, 5.41) is 22.7. The standard InChI is InChI=1S/C12H10N3O4S/c13-12-15-8(5-20-12)7(4-16)14-11(19)6-1-2-9(17)10(18)3-6/h1-3,5,7,17-18H,(H2,13,15)(H,14,19). The zero-order valence-corrected chi connectivity index (χ0v) is 10.8. The highest BCUT2D eigenvalue weighted by Gasteiger charge is 2.19. The molecule has 1 heterocycles. The van der Waals surface area contributed by atoms with Crippen LogP contribution in [-0.2, 0) is 4.79 Å². The predicted molar refractivity (Wildman–Crippen MR) is 72.2 cm³/mol. The molecule has 0 fully saturated rings. The van der Waals surface area contributed by atoms with Crippen molar-refractivity contribution in [2.24, 2.45) is 0 Å². The number of thiazole rings is 1. The minimum absolute atomic E-state index is 0.0868. The van der Waals surface area contributed by atoms with Gasteiger partial charge >= 0.3 is 0 Å². The molecular formula is C12H10N3O4S. The number of phenolic OH excluding ortho intramolecular Hbond substituents is 2. The molecule has 0 bridgehead atoms. The Bertz CT molecular complexity index is 656. The first-order valence-electron chi connectivity index (χ1n) is 5.42. The number of phenols is 2. The molecule has 1 atom stereocenters. The van der Waals surface area contributed by atoms with Gasteiger partial charge in [0.25, 0.3) is 5.91 Å². The highest BCUT2D eigenvalue weighted by atomic mass is 32.1. The smallest absolute Gasteiger partial charge is 0.252 e. The maximum Gasteiger partial charge on any atom is 0.252 e. The van der Waals surface area contributed by atoms with E-state index < -0.39 is 17.7 Å². The second-order valence-corrected chi connectivity index (χ2v) is 4.73. The Labute approximate surface area is 117 Å². The highest BCUT2D eigenvalue weighted by molar-refractivity contribution is 7.13. The Balaban J connectivity index is 2.17. The largest absolute Gasteiger partial charge is 0.504 e. The van der Waals surface area contributed by atoms with Crippen LogP contribution in [0, 0.1) is 0 Å². The van der Waals surface area contributed by atoms with Gasteiger partial charge in [0.2, 0.25) is 6.29 Å². The van der Waals surface area contributed by atoms with Crippen molar-refractivity contribution in [3.63, 3.8) is 0 Å². The van der Waals surface area contributed by atoms with Crippen molar-refractivity contribution in [1.82, 2.24) is 10.3 Å². The zero-order valence-electron chi connectivity index (χ0n) is 10.0. The van der Waals surface area contributed by atoms with E-state index in [0.29, 0.717) is 5.69 Å². The van der Waals surface area contributed by atoms with Crippen LogP contribution >= 0.6 is 11.3 Å². The Kier molecular flexibility index (Phi) is 3.85. The van der Waals surface area contributed by atoms with E-state index in [-0.39, 0.29) is 16.4 Å². The summed E-state index contributed by atoms with van der Waals surface area (Å²) >= 11 is 1.14. The first-order chi connectivity index (χ1) is 9.51. The average Bonchev–Trinajstić information content (AvgIpc) is 2.85. The van der Waals surface area contributed by atoms with E-state index in [1.54, 1.807) is 11.7 Å². The summed E-state index contributed by atoms with van der Waals surface area (Å²) in [6.07, 6.45) is 1.65. The molecule has 1 aromatic heterocycles. The minimum atomic E-state index is -1.05. The monoisotopic (exact) mass is 292 g/mol. The molecule has 1 amide bonds. The molecule has 1 aromatic carbocycles. The number of amides is 1. The first kappa shape index (κ1) is 13.8. The lowest BCUT2D eigenvalue weighted by Crippen LogP contribution is -2.29. The summed E-state index contributed by atoms with van der Waals surface area (Å²) < 4.78 is 0. The lowest BCUT2D eigenvalue weighted by Gasteiger charge is -2.10. The molecular weight excluding hydrogens is 282 g/mol. The van der Waals surface area contributed by atoms with E-state index in [4.69, 9.17) is 10.8 Å². The average molecular weight is 292 g/mol. The number of aromatic hydroxyl groups is 2. The van der Waals surface area contributed by atoms with E-state index in [9.17, 15) is 14.7 Å². The van der Waals surface area contributed by atoms with Crippen molar-refractivity contribution in [3.05, 3.63) is 34.8 Å². The third-order valence-corrected chi connectivity index (χ3v) is 3.16. The van der Waals surface area contributed by atoms with Gasteiger partial charge in [-0.25, -0.2) is 4.98 Å². The molecule has 2 aromatic rings. The van der Waals surface area contributed by atoms with Gasteiger partial charge in [-0.1, -0.05) is 0 Å². The third kappa shape index (κ3) is 2.86.